The van der Waals surface area contributed by atoms with Gasteiger partial charge in [0.1, 0.15) is 0 Å². The molecule has 17 heavy (non-hydrogen) atoms. The average molecular weight is 241 g/mol. The molecule has 1 fully saturated rings. The molecular formula is C13H27N3O. The van der Waals surface area contributed by atoms with Crippen molar-refractivity contribution < 1.29 is 4.79 Å². The van der Waals surface area contributed by atoms with E-state index in [1.54, 1.807) is 0 Å². The van der Waals surface area contributed by atoms with E-state index in [2.05, 4.69) is 18.7 Å². The smallest absolute Gasteiger partial charge is 0.224 e. The Morgan fingerprint density at radius 3 is 2.29 bits per heavy atom. The molecule has 4 heteroatoms. The van der Waals surface area contributed by atoms with Crippen molar-refractivity contribution in [1.29, 1.82) is 0 Å². The van der Waals surface area contributed by atoms with Gasteiger partial charge in [0.05, 0.1) is 0 Å². The van der Waals surface area contributed by atoms with Crippen LogP contribution in [0.25, 0.3) is 0 Å². The highest BCUT2D eigenvalue weighted by Crippen LogP contribution is 2.17. The number of carbonyl (C=O) groups is 1. The number of nitrogens with zero attached hydrogens (tertiary/aromatic N) is 2. The maximum absolute atomic E-state index is 11.9. The molecule has 0 aromatic carbocycles. The fourth-order valence-electron chi connectivity index (χ4n) is 2.62. The standard InChI is InChI=1S/C13H27N3O/c1-4-15(5-2)12-6-8-16(9-7-12)13(17)10-11(3)14/h11-12H,4-10,14H2,1-3H3. The molecule has 1 atom stereocenters. The van der Waals surface area contributed by atoms with Crippen LogP contribution in [0.5, 0.6) is 0 Å². The normalized spacial score (nSPS) is 19.7. The van der Waals surface area contributed by atoms with Crippen molar-refractivity contribution in [2.45, 2.75) is 52.1 Å². The van der Waals surface area contributed by atoms with Crippen LogP contribution in [0.15, 0.2) is 0 Å². The first-order valence-electron chi connectivity index (χ1n) is 6.85. The van der Waals surface area contributed by atoms with Crippen molar-refractivity contribution in [3.05, 3.63) is 0 Å². The fourth-order valence-corrected chi connectivity index (χ4v) is 2.62. The molecular weight excluding hydrogens is 214 g/mol. The van der Waals surface area contributed by atoms with Gasteiger partial charge < -0.3 is 15.5 Å². The van der Waals surface area contributed by atoms with E-state index in [1.807, 2.05) is 11.8 Å². The summed E-state index contributed by atoms with van der Waals surface area (Å²) in [4.78, 5) is 16.3. The van der Waals surface area contributed by atoms with E-state index in [4.69, 9.17) is 5.73 Å². The molecule has 1 heterocycles. The molecule has 0 aliphatic carbocycles. The van der Waals surface area contributed by atoms with Gasteiger partial charge in [-0.2, -0.15) is 0 Å². The molecule has 0 aromatic heterocycles. The zero-order valence-corrected chi connectivity index (χ0v) is 11.5. The number of hydrogen-bond acceptors (Lipinski definition) is 3. The van der Waals surface area contributed by atoms with Crippen LogP contribution in [-0.4, -0.2) is 54.0 Å². The van der Waals surface area contributed by atoms with Crippen LogP contribution >= 0.6 is 0 Å². The van der Waals surface area contributed by atoms with Crippen molar-refractivity contribution in [2.24, 2.45) is 5.73 Å². The summed E-state index contributed by atoms with van der Waals surface area (Å²) in [5.74, 6) is 0.220. The Morgan fingerprint density at radius 2 is 1.88 bits per heavy atom. The van der Waals surface area contributed by atoms with Crippen molar-refractivity contribution in [2.75, 3.05) is 26.2 Å². The number of piperidine rings is 1. The van der Waals surface area contributed by atoms with Gasteiger partial charge in [0.15, 0.2) is 0 Å². The van der Waals surface area contributed by atoms with E-state index in [-0.39, 0.29) is 11.9 Å². The number of amides is 1. The summed E-state index contributed by atoms with van der Waals surface area (Å²) in [6, 6.07) is 0.632. The van der Waals surface area contributed by atoms with Gasteiger partial charge in [-0.1, -0.05) is 13.8 Å². The van der Waals surface area contributed by atoms with E-state index in [1.165, 1.54) is 0 Å². The lowest BCUT2D eigenvalue weighted by molar-refractivity contribution is -0.133. The first-order valence-corrected chi connectivity index (χ1v) is 6.85. The summed E-state index contributed by atoms with van der Waals surface area (Å²) in [6.45, 7) is 10.3. The maximum atomic E-state index is 11.9. The lowest BCUT2D eigenvalue weighted by atomic mass is 10.0. The Kier molecular flexibility index (Phi) is 5.92. The Bertz CT molecular complexity index is 231. The third kappa shape index (κ3) is 4.28. The second-order valence-electron chi connectivity index (χ2n) is 5.01. The van der Waals surface area contributed by atoms with Crippen LogP contribution in [0.2, 0.25) is 0 Å². The molecule has 1 saturated heterocycles. The van der Waals surface area contributed by atoms with Crippen LogP contribution < -0.4 is 5.73 Å². The van der Waals surface area contributed by atoms with Crippen molar-refractivity contribution in [3.8, 4) is 0 Å². The van der Waals surface area contributed by atoms with Gasteiger partial charge in [-0.05, 0) is 32.9 Å². The van der Waals surface area contributed by atoms with Gasteiger partial charge in [0, 0.05) is 31.6 Å². The minimum absolute atomic E-state index is 0.0250. The number of nitrogens with two attached hydrogens (primary N) is 1. The molecule has 0 bridgehead atoms. The monoisotopic (exact) mass is 241 g/mol. The third-order valence-electron chi connectivity index (χ3n) is 3.64. The summed E-state index contributed by atoms with van der Waals surface area (Å²) in [7, 11) is 0. The molecule has 1 aliphatic heterocycles. The van der Waals surface area contributed by atoms with E-state index < -0.39 is 0 Å². The Labute approximate surface area is 105 Å². The summed E-state index contributed by atoms with van der Waals surface area (Å²) < 4.78 is 0. The van der Waals surface area contributed by atoms with E-state index >= 15 is 0 Å². The minimum Gasteiger partial charge on any atom is -0.343 e. The summed E-state index contributed by atoms with van der Waals surface area (Å²) in [5.41, 5.74) is 5.66. The largest absolute Gasteiger partial charge is 0.343 e. The molecule has 1 aliphatic rings. The van der Waals surface area contributed by atoms with Gasteiger partial charge in [0.25, 0.3) is 0 Å². The second-order valence-corrected chi connectivity index (χ2v) is 5.01. The van der Waals surface area contributed by atoms with Crippen molar-refractivity contribution in [3.63, 3.8) is 0 Å². The molecule has 1 rings (SSSR count). The van der Waals surface area contributed by atoms with E-state index in [0.717, 1.165) is 39.0 Å². The fraction of sp³-hybridized carbons (Fsp3) is 0.923. The van der Waals surface area contributed by atoms with E-state index in [0.29, 0.717) is 12.5 Å². The zero-order valence-electron chi connectivity index (χ0n) is 11.5. The average Bonchev–Trinajstić information content (AvgIpc) is 2.30. The van der Waals surface area contributed by atoms with Crippen LogP contribution in [0, 0.1) is 0 Å². The third-order valence-corrected chi connectivity index (χ3v) is 3.64. The highest BCUT2D eigenvalue weighted by Gasteiger charge is 2.25. The van der Waals surface area contributed by atoms with E-state index in [9.17, 15) is 4.79 Å². The molecule has 2 N–H and O–H groups in total. The number of rotatable bonds is 5. The Morgan fingerprint density at radius 1 is 1.35 bits per heavy atom. The molecule has 100 valence electrons. The predicted molar refractivity (Wildman–Crippen MR) is 70.8 cm³/mol. The topological polar surface area (TPSA) is 49.6 Å². The van der Waals surface area contributed by atoms with Crippen LogP contribution in [0.1, 0.15) is 40.0 Å². The summed E-state index contributed by atoms with van der Waals surface area (Å²) in [5, 5.41) is 0. The quantitative estimate of drug-likeness (QED) is 0.783. The Hall–Kier alpha value is -0.610. The van der Waals surface area contributed by atoms with Crippen LogP contribution in [0.3, 0.4) is 0 Å². The molecule has 0 spiro atoms. The summed E-state index contributed by atoms with van der Waals surface area (Å²) >= 11 is 0. The maximum Gasteiger partial charge on any atom is 0.224 e. The first kappa shape index (κ1) is 14.5. The molecule has 0 radical (unpaired) electrons. The first-order chi connectivity index (χ1) is 8.08. The lowest BCUT2D eigenvalue weighted by Gasteiger charge is -2.37. The lowest BCUT2D eigenvalue weighted by Crippen LogP contribution is -2.47. The van der Waals surface area contributed by atoms with Gasteiger partial charge in [-0.15, -0.1) is 0 Å². The molecule has 1 unspecified atom stereocenters. The van der Waals surface area contributed by atoms with Crippen LogP contribution in [0.4, 0.5) is 0 Å². The SMILES string of the molecule is CCN(CC)C1CCN(C(=O)CC(C)N)CC1. The van der Waals surface area contributed by atoms with Gasteiger partial charge in [0.2, 0.25) is 5.91 Å². The van der Waals surface area contributed by atoms with Crippen LogP contribution in [-0.2, 0) is 4.79 Å². The molecule has 0 saturated carbocycles. The van der Waals surface area contributed by atoms with Crippen molar-refractivity contribution in [1.82, 2.24) is 9.80 Å². The molecule has 4 nitrogen and oxygen atoms in total. The number of likely N-dealkylation sites (tertiary alicyclic amines) is 1. The van der Waals surface area contributed by atoms with Gasteiger partial charge in [-0.25, -0.2) is 0 Å². The highest BCUT2D eigenvalue weighted by atomic mass is 16.2. The second kappa shape index (κ2) is 6.97. The molecule has 1 amide bonds. The van der Waals surface area contributed by atoms with Gasteiger partial charge >= 0.3 is 0 Å². The molecule has 0 aromatic rings. The van der Waals surface area contributed by atoms with Gasteiger partial charge in [-0.3, -0.25) is 4.79 Å². The zero-order chi connectivity index (χ0) is 12.8. The predicted octanol–water partition coefficient (Wildman–Crippen LogP) is 1.06. The number of hydrogen-bond donors (Lipinski definition) is 1. The Balaban J connectivity index is 2.37. The van der Waals surface area contributed by atoms with Crippen molar-refractivity contribution >= 4 is 5.91 Å². The highest BCUT2D eigenvalue weighted by molar-refractivity contribution is 5.76. The summed E-state index contributed by atoms with van der Waals surface area (Å²) in [6.07, 6.45) is 2.69. The number of carbonyl (C=O) groups excluding carboxylic acids is 1. The minimum atomic E-state index is -0.0250.